The van der Waals surface area contributed by atoms with Crippen molar-refractivity contribution in [2.24, 2.45) is 5.92 Å². The fraction of sp³-hybridized carbons (Fsp3) is 0.348. The molecular formula is C23H23N5O5S. The maximum atomic E-state index is 12.6. The van der Waals surface area contributed by atoms with Gasteiger partial charge in [-0.2, -0.15) is 10.5 Å². The van der Waals surface area contributed by atoms with Crippen molar-refractivity contribution in [1.82, 2.24) is 9.71 Å². The van der Waals surface area contributed by atoms with Crippen LogP contribution in [0.25, 0.3) is 0 Å². The molecular weight excluding hydrogens is 458 g/mol. The molecule has 1 fully saturated rings. The molecule has 0 spiro atoms. The predicted molar refractivity (Wildman–Crippen MR) is 122 cm³/mol. The van der Waals surface area contributed by atoms with E-state index in [0.717, 1.165) is 0 Å². The highest BCUT2D eigenvalue weighted by Gasteiger charge is 2.30. The third-order valence-electron chi connectivity index (χ3n) is 5.34. The number of pyridine rings is 1. The number of hydrogen-bond donors (Lipinski definition) is 1. The maximum Gasteiger partial charge on any atom is 0.341 e. The molecule has 0 saturated carbocycles. The number of anilines is 1. The van der Waals surface area contributed by atoms with Gasteiger partial charge in [-0.3, -0.25) is 9.52 Å². The summed E-state index contributed by atoms with van der Waals surface area (Å²) < 4.78 is 31.8. The minimum atomic E-state index is -3.83. The van der Waals surface area contributed by atoms with E-state index < -0.39 is 27.8 Å². The molecule has 0 unspecified atom stereocenters. The summed E-state index contributed by atoms with van der Waals surface area (Å²) in [5, 5.41) is 19.0. The third kappa shape index (κ3) is 5.88. The summed E-state index contributed by atoms with van der Waals surface area (Å²) in [4.78, 5) is 30.6. The van der Waals surface area contributed by atoms with Crippen molar-refractivity contribution in [3.05, 3.63) is 58.8 Å². The fourth-order valence-corrected chi connectivity index (χ4v) is 4.87. The van der Waals surface area contributed by atoms with Crippen LogP contribution in [0.1, 0.15) is 46.9 Å². The summed E-state index contributed by atoms with van der Waals surface area (Å²) >= 11 is 0. The lowest BCUT2D eigenvalue weighted by atomic mass is 9.96. The van der Waals surface area contributed by atoms with Gasteiger partial charge in [0.25, 0.3) is 0 Å². The van der Waals surface area contributed by atoms with Gasteiger partial charge in [-0.05, 0) is 31.4 Å². The summed E-state index contributed by atoms with van der Waals surface area (Å²) in [6.45, 7) is 2.39. The smallest absolute Gasteiger partial charge is 0.341 e. The zero-order valence-corrected chi connectivity index (χ0v) is 19.3. The molecule has 34 heavy (non-hydrogen) atoms. The SMILES string of the molecule is CCOC(=O)c1cc(C#N)c(N2CCC(C(=O)NS(=O)(=O)Cc3ccccc3)CC2)nc1C#N. The van der Waals surface area contributed by atoms with Crippen molar-refractivity contribution >= 4 is 27.7 Å². The van der Waals surface area contributed by atoms with Crippen LogP contribution in [0.15, 0.2) is 36.4 Å². The number of aromatic nitrogens is 1. The quantitative estimate of drug-likeness (QED) is 0.584. The Hall–Kier alpha value is -3.96. The van der Waals surface area contributed by atoms with Crippen molar-refractivity contribution < 1.29 is 22.7 Å². The highest BCUT2D eigenvalue weighted by molar-refractivity contribution is 7.89. The number of nitrogens with one attached hydrogen (secondary N) is 1. The van der Waals surface area contributed by atoms with Crippen molar-refractivity contribution in [3.8, 4) is 12.1 Å². The molecule has 1 aromatic heterocycles. The molecule has 3 rings (SSSR count). The van der Waals surface area contributed by atoms with Crippen LogP contribution in [-0.4, -0.2) is 45.0 Å². The molecule has 0 radical (unpaired) electrons. The van der Waals surface area contributed by atoms with Crippen LogP contribution < -0.4 is 9.62 Å². The Kier molecular flexibility index (Phi) is 7.82. The number of piperidine rings is 1. The molecule has 1 saturated heterocycles. The van der Waals surface area contributed by atoms with Gasteiger partial charge < -0.3 is 9.64 Å². The number of ether oxygens (including phenoxy) is 1. The van der Waals surface area contributed by atoms with Crippen molar-refractivity contribution in [1.29, 1.82) is 10.5 Å². The van der Waals surface area contributed by atoms with E-state index in [-0.39, 0.29) is 35.0 Å². The molecule has 0 bridgehead atoms. The summed E-state index contributed by atoms with van der Waals surface area (Å²) in [6.07, 6.45) is 0.668. The Bertz CT molecular complexity index is 1260. The standard InChI is InChI=1S/C23H23N5O5S/c1-2-33-23(30)19-12-18(13-24)21(26-20(19)14-25)28-10-8-17(9-11-28)22(29)27-34(31,32)15-16-6-4-3-5-7-16/h3-7,12,17H,2,8-11,15H2,1H3,(H,27,29). The molecule has 1 aliphatic heterocycles. The molecule has 0 atom stereocenters. The van der Waals surface area contributed by atoms with E-state index in [1.165, 1.54) is 6.07 Å². The van der Waals surface area contributed by atoms with Gasteiger partial charge in [-0.25, -0.2) is 18.2 Å². The number of benzene rings is 1. The van der Waals surface area contributed by atoms with Crippen LogP contribution >= 0.6 is 0 Å². The minimum absolute atomic E-state index is 0.0810. The topological polar surface area (TPSA) is 153 Å². The Balaban J connectivity index is 1.68. The van der Waals surface area contributed by atoms with E-state index in [1.54, 1.807) is 42.2 Å². The Morgan fingerprint density at radius 1 is 1.18 bits per heavy atom. The lowest BCUT2D eigenvalue weighted by Gasteiger charge is -2.32. The second-order valence-corrected chi connectivity index (χ2v) is 9.39. The average molecular weight is 482 g/mol. The molecule has 2 aromatic rings. The first-order valence-corrected chi connectivity index (χ1v) is 12.3. The minimum Gasteiger partial charge on any atom is -0.462 e. The number of hydrogen-bond acceptors (Lipinski definition) is 9. The average Bonchev–Trinajstić information content (AvgIpc) is 2.83. The molecule has 1 aliphatic rings. The van der Waals surface area contributed by atoms with Crippen LogP contribution in [0.3, 0.4) is 0 Å². The van der Waals surface area contributed by atoms with Crippen LogP contribution in [-0.2, 0) is 25.3 Å². The highest BCUT2D eigenvalue weighted by atomic mass is 32.2. The zero-order chi connectivity index (χ0) is 24.7. The molecule has 176 valence electrons. The number of carbonyl (C=O) groups is 2. The molecule has 2 heterocycles. The predicted octanol–water partition coefficient (Wildman–Crippen LogP) is 1.86. The fourth-order valence-electron chi connectivity index (χ4n) is 3.70. The summed E-state index contributed by atoms with van der Waals surface area (Å²) in [7, 11) is -3.83. The van der Waals surface area contributed by atoms with Gasteiger partial charge in [0, 0.05) is 19.0 Å². The first-order chi connectivity index (χ1) is 16.3. The van der Waals surface area contributed by atoms with Crippen LogP contribution in [0.5, 0.6) is 0 Å². The third-order valence-corrected chi connectivity index (χ3v) is 6.57. The van der Waals surface area contributed by atoms with Gasteiger partial charge in [0.15, 0.2) is 5.69 Å². The van der Waals surface area contributed by atoms with Crippen LogP contribution in [0.4, 0.5) is 5.82 Å². The van der Waals surface area contributed by atoms with E-state index in [0.29, 0.717) is 31.5 Å². The lowest BCUT2D eigenvalue weighted by Crippen LogP contribution is -2.43. The highest BCUT2D eigenvalue weighted by Crippen LogP contribution is 2.27. The van der Waals surface area contributed by atoms with Crippen LogP contribution in [0.2, 0.25) is 0 Å². The normalized spacial score (nSPS) is 14.0. The Morgan fingerprint density at radius 2 is 1.85 bits per heavy atom. The van der Waals surface area contributed by atoms with E-state index in [2.05, 4.69) is 9.71 Å². The summed E-state index contributed by atoms with van der Waals surface area (Å²) in [5.74, 6) is -1.89. The number of sulfonamides is 1. The van der Waals surface area contributed by atoms with Crippen molar-refractivity contribution in [2.45, 2.75) is 25.5 Å². The van der Waals surface area contributed by atoms with Gasteiger partial charge in [0.05, 0.1) is 23.5 Å². The number of carbonyl (C=O) groups excluding carboxylic acids is 2. The Morgan fingerprint density at radius 3 is 2.44 bits per heavy atom. The molecule has 10 nitrogen and oxygen atoms in total. The van der Waals surface area contributed by atoms with Crippen LogP contribution in [0, 0.1) is 28.6 Å². The maximum absolute atomic E-state index is 12.6. The Labute approximate surface area is 197 Å². The van der Waals surface area contributed by atoms with Gasteiger partial charge in [-0.15, -0.1) is 0 Å². The van der Waals surface area contributed by atoms with E-state index in [4.69, 9.17) is 4.74 Å². The monoisotopic (exact) mass is 481 g/mol. The number of amides is 1. The molecule has 1 N–H and O–H groups in total. The van der Waals surface area contributed by atoms with Gasteiger partial charge in [-0.1, -0.05) is 30.3 Å². The number of esters is 1. The first kappa shape index (κ1) is 24.7. The molecule has 0 aliphatic carbocycles. The second kappa shape index (κ2) is 10.8. The molecule has 11 heteroatoms. The largest absolute Gasteiger partial charge is 0.462 e. The first-order valence-electron chi connectivity index (χ1n) is 10.6. The van der Waals surface area contributed by atoms with Gasteiger partial charge in [0.2, 0.25) is 15.9 Å². The zero-order valence-electron chi connectivity index (χ0n) is 18.5. The summed E-state index contributed by atoms with van der Waals surface area (Å²) in [6, 6.07) is 13.7. The van der Waals surface area contributed by atoms with Crippen molar-refractivity contribution in [3.63, 3.8) is 0 Å². The van der Waals surface area contributed by atoms with Gasteiger partial charge in [0.1, 0.15) is 18.0 Å². The van der Waals surface area contributed by atoms with E-state index >= 15 is 0 Å². The van der Waals surface area contributed by atoms with E-state index in [1.807, 2.05) is 12.1 Å². The molecule has 1 amide bonds. The summed E-state index contributed by atoms with van der Waals surface area (Å²) in [5.41, 5.74) is 0.449. The lowest BCUT2D eigenvalue weighted by molar-refractivity contribution is -0.123. The number of nitriles is 2. The second-order valence-electron chi connectivity index (χ2n) is 7.67. The number of nitrogens with zero attached hydrogens (tertiary/aromatic N) is 4. The molecule has 1 aromatic carbocycles. The van der Waals surface area contributed by atoms with Crippen molar-refractivity contribution in [2.75, 3.05) is 24.6 Å². The number of rotatable bonds is 7. The van der Waals surface area contributed by atoms with E-state index in [9.17, 15) is 28.5 Å². The van der Waals surface area contributed by atoms with Gasteiger partial charge >= 0.3 is 5.97 Å².